The van der Waals surface area contributed by atoms with Crippen molar-refractivity contribution in [2.24, 2.45) is 5.41 Å². The molecular weight excluding hydrogens is 254 g/mol. The van der Waals surface area contributed by atoms with E-state index < -0.39 is 0 Å². The van der Waals surface area contributed by atoms with Crippen LogP contribution in [0.5, 0.6) is 0 Å². The van der Waals surface area contributed by atoms with Gasteiger partial charge in [0.2, 0.25) is 0 Å². The van der Waals surface area contributed by atoms with Gasteiger partial charge in [0.1, 0.15) is 0 Å². The third kappa shape index (κ3) is 5.14. The number of hydrogen-bond acceptors (Lipinski definition) is 1. The van der Waals surface area contributed by atoms with Gasteiger partial charge in [0.25, 0.3) is 0 Å². The van der Waals surface area contributed by atoms with E-state index in [1.807, 2.05) is 0 Å². The minimum absolute atomic E-state index is 0.534. The van der Waals surface area contributed by atoms with Gasteiger partial charge in [0.15, 0.2) is 0 Å². The van der Waals surface area contributed by atoms with Crippen LogP contribution in [0.25, 0.3) is 0 Å². The molecule has 0 bridgehead atoms. The third-order valence-electron chi connectivity index (χ3n) is 5.04. The summed E-state index contributed by atoms with van der Waals surface area (Å²) in [6, 6.07) is 9.91. The molecule has 2 atom stereocenters. The Balaban J connectivity index is 1.69. The van der Waals surface area contributed by atoms with Crippen LogP contribution >= 0.6 is 0 Å². The van der Waals surface area contributed by atoms with E-state index >= 15 is 0 Å². The second-order valence-electron chi connectivity index (χ2n) is 7.62. The summed E-state index contributed by atoms with van der Waals surface area (Å²) in [5, 5.41) is 3.66. The van der Waals surface area contributed by atoms with Crippen LogP contribution in [0.15, 0.2) is 24.3 Å². The van der Waals surface area contributed by atoms with Crippen LogP contribution in [-0.4, -0.2) is 6.04 Å². The first-order valence-corrected chi connectivity index (χ1v) is 8.85. The van der Waals surface area contributed by atoms with Gasteiger partial charge in [-0.3, -0.25) is 0 Å². The second kappa shape index (κ2) is 7.45. The summed E-state index contributed by atoms with van der Waals surface area (Å²) >= 11 is 0. The number of rotatable bonds is 9. The van der Waals surface area contributed by atoms with Crippen molar-refractivity contribution in [3.8, 4) is 0 Å². The predicted octanol–water partition coefficient (Wildman–Crippen LogP) is 5.65. The van der Waals surface area contributed by atoms with E-state index in [1.54, 1.807) is 0 Å². The standard InChI is InChI=1S/C20H33N/c1-5-6-7-8-9-16(2)21-15-17-10-12-18(13-11-17)19-14-20(19,3)4/h10-13,16,19,21H,5-9,14-15H2,1-4H3. The molecular formula is C20H33N. The average molecular weight is 287 g/mol. The average Bonchev–Trinajstić information content (AvgIpc) is 3.11. The Morgan fingerprint density at radius 3 is 2.38 bits per heavy atom. The molecule has 0 heterocycles. The quantitative estimate of drug-likeness (QED) is 0.579. The molecule has 21 heavy (non-hydrogen) atoms. The molecule has 1 saturated carbocycles. The zero-order valence-electron chi connectivity index (χ0n) is 14.4. The molecule has 1 nitrogen and oxygen atoms in total. The molecule has 0 amide bonds. The molecule has 0 saturated heterocycles. The van der Waals surface area contributed by atoms with E-state index in [9.17, 15) is 0 Å². The highest BCUT2D eigenvalue weighted by Crippen LogP contribution is 2.58. The van der Waals surface area contributed by atoms with Gasteiger partial charge in [-0.05, 0) is 42.2 Å². The van der Waals surface area contributed by atoms with Crippen molar-refractivity contribution in [2.75, 3.05) is 0 Å². The fourth-order valence-corrected chi connectivity index (χ4v) is 3.18. The Labute approximate surface area is 131 Å². The van der Waals surface area contributed by atoms with Crippen molar-refractivity contribution >= 4 is 0 Å². The molecule has 1 heteroatoms. The van der Waals surface area contributed by atoms with Crippen LogP contribution in [0.3, 0.4) is 0 Å². The summed E-state index contributed by atoms with van der Waals surface area (Å²) in [6.45, 7) is 10.3. The summed E-state index contributed by atoms with van der Waals surface area (Å²) in [5.41, 5.74) is 3.47. The molecule has 1 aliphatic carbocycles. The molecule has 1 N–H and O–H groups in total. The summed E-state index contributed by atoms with van der Waals surface area (Å²) in [6.07, 6.45) is 8.09. The maximum absolute atomic E-state index is 3.66. The van der Waals surface area contributed by atoms with E-state index in [4.69, 9.17) is 0 Å². The number of benzene rings is 1. The van der Waals surface area contributed by atoms with Crippen molar-refractivity contribution in [1.82, 2.24) is 5.32 Å². The topological polar surface area (TPSA) is 12.0 Å². The van der Waals surface area contributed by atoms with Crippen LogP contribution in [0.4, 0.5) is 0 Å². The van der Waals surface area contributed by atoms with Crippen LogP contribution in [0, 0.1) is 5.41 Å². The molecule has 1 fully saturated rings. The normalized spacial score (nSPS) is 21.2. The van der Waals surface area contributed by atoms with Crippen molar-refractivity contribution in [1.29, 1.82) is 0 Å². The van der Waals surface area contributed by atoms with Gasteiger partial charge in [-0.1, -0.05) is 70.7 Å². The highest BCUT2D eigenvalue weighted by atomic mass is 14.9. The Kier molecular flexibility index (Phi) is 5.87. The first-order valence-electron chi connectivity index (χ1n) is 8.85. The minimum atomic E-state index is 0.534. The monoisotopic (exact) mass is 287 g/mol. The highest BCUT2D eigenvalue weighted by molar-refractivity contribution is 5.31. The molecule has 0 radical (unpaired) electrons. The van der Waals surface area contributed by atoms with Gasteiger partial charge in [-0.25, -0.2) is 0 Å². The molecule has 1 aromatic rings. The van der Waals surface area contributed by atoms with Crippen molar-refractivity contribution in [3.05, 3.63) is 35.4 Å². The molecule has 0 spiro atoms. The van der Waals surface area contributed by atoms with Gasteiger partial charge in [0.05, 0.1) is 0 Å². The molecule has 0 aliphatic heterocycles. The van der Waals surface area contributed by atoms with Crippen LogP contribution in [0.2, 0.25) is 0 Å². The van der Waals surface area contributed by atoms with Crippen molar-refractivity contribution in [2.45, 2.75) is 84.7 Å². The SMILES string of the molecule is CCCCCCC(C)NCc1ccc(C2CC2(C)C)cc1. The first-order chi connectivity index (χ1) is 10.0. The van der Waals surface area contributed by atoms with Gasteiger partial charge >= 0.3 is 0 Å². The van der Waals surface area contributed by atoms with Gasteiger partial charge < -0.3 is 5.32 Å². The van der Waals surface area contributed by atoms with Gasteiger partial charge in [-0.2, -0.15) is 0 Å². The minimum Gasteiger partial charge on any atom is -0.310 e. The largest absolute Gasteiger partial charge is 0.310 e. The van der Waals surface area contributed by atoms with E-state index in [0.717, 1.165) is 12.5 Å². The Morgan fingerprint density at radius 1 is 1.14 bits per heavy atom. The lowest BCUT2D eigenvalue weighted by molar-refractivity contribution is 0.482. The lowest BCUT2D eigenvalue weighted by Crippen LogP contribution is -2.25. The zero-order valence-corrected chi connectivity index (χ0v) is 14.4. The molecule has 118 valence electrons. The van der Waals surface area contributed by atoms with Gasteiger partial charge in [-0.15, -0.1) is 0 Å². The van der Waals surface area contributed by atoms with Crippen LogP contribution < -0.4 is 5.32 Å². The Hall–Kier alpha value is -0.820. The number of unbranched alkanes of at least 4 members (excludes halogenated alkanes) is 3. The van der Waals surface area contributed by atoms with Crippen LogP contribution in [-0.2, 0) is 6.54 Å². The molecule has 1 aromatic carbocycles. The summed E-state index contributed by atoms with van der Waals surface area (Å²) in [5.74, 6) is 0.789. The van der Waals surface area contributed by atoms with E-state index in [-0.39, 0.29) is 0 Å². The molecule has 1 aliphatic rings. The second-order valence-corrected chi connectivity index (χ2v) is 7.62. The number of hydrogen-bond donors (Lipinski definition) is 1. The van der Waals surface area contributed by atoms with E-state index in [2.05, 4.69) is 57.3 Å². The zero-order chi connectivity index (χ0) is 15.3. The lowest BCUT2D eigenvalue weighted by Gasteiger charge is -2.14. The lowest BCUT2D eigenvalue weighted by atomic mass is 10.0. The number of nitrogens with one attached hydrogen (secondary N) is 1. The van der Waals surface area contributed by atoms with E-state index in [0.29, 0.717) is 11.5 Å². The fourth-order valence-electron chi connectivity index (χ4n) is 3.18. The van der Waals surface area contributed by atoms with Gasteiger partial charge in [0, 0.05) is 12.6 Å². The third-order valence-corrected chi connectivity index (χ3v) is 5.04. The fraction of sp³-hybridized carbons (Fsp3) is 0.700. The van der Waals surface area contributed by atoms with Crippen molar-refractivity contribution in [3.63, 3.8) is 0 Å². The van der Waals surface area contributed by atoms with Crippen LogP contribution in [0.1, 0.15) is 83.3 Å². The van der Waals surface area contributed by atoms with Crippen molar-refractivity contribution < 1.29 is 0 Å². The first kappa shape index (κ1) is 16.5. The molecule has 2 rings (SSSR count). The van der Waals surface area contributed by atoms with E-state index in [1.165, 1.54) is 49.7 Å². The molecule has 2 unspecified atom stereocenters. The predicted molar refractivity (Wildman–Crippen MR) is 92.6 cm³/mol. The summed E-state index contributed by atoms with van der Waals surface area (Å²) in [7, 11) is 0. The smallest absolute Gasteiger partial charge is 0.0207 e. The molecule has 0 aromatic heterocycles. The maximum atomic E-state index is 3.66. The highest BCUT2D eigenvalue weighted by Gasteiger charge is 2.46. The Bertz CT molecular complexity index is 418. The maximum Gasteiger partial charge on any atom is 0.0207 e. The summed E-state index contributed by atoms with van der Waals surface area (Å²) < 4.78 is 0. The Morgan fingerprint density at radius 2 is 1.81 bits per heavy atom. The summed E-state index contributed by atoms with van der Waals surface area (Å²) in [4.78, 5) is 0.